The fourth-order valence-electron chi connectivity index (χ4n) is 16.1. The lowest BCUT2D eigenvalue weighted by Gasteiger charge is -2.44. The molecule has 0 aliphatic heterocycles. The maximum atomic E-state index is 12.5. The van der Waals surface area contributed by atoms with Gasteiger partial charge in [-0.05, 0) is 261 Å². The smallest absolute Gasteiger partial charge is 0.0684 e. The fraction of sp³-hybridized carbons (Fsp3) is 1.00. The van der Waals surface area contributed by atoms with E-state index in [1.165, 1.54) is 0 Å². The average molecular weight is 1510 g/mol. The minimum Gasteiger partial charge on any atom is -0.392 e. The molecule has 0 spiro atoms. The second kappa shape index (κ2) is 42.9. The van der Waals surface area contributed by atoms with E-state index in [0.717, 1.165) is 0 Å². The minimum atomic E-state index is -0.976. The number of rotatable bonds is 58. The molecule has 0 fully saturated rings. The molecule has 0 aliphatic carbocycles. The first-order valence-electron chi connectivity index (χ1n) is 39.6. The molecular formula is C79H174N14O12. The molecular weight excluding hydrogens is 1340 g/mol. The Balaban J connectivity index is 8.02. The number of hydrogen-bond acceptors (Lipinski definition) is 26. The first-order valence-corrected chi connectivity index (χ1v) is 39.6. The van der Waals surface area contributed by atoms with Gasteiger partial charge in [-0.15, -0.1) is 0 Å². The van der Waals surface area contributed by atoms with Gasteiger partial charge < -0.3 is 107 Å². The van der Waals surface area contributed by atoms with E-state index in [9.17, 15) is 61.3 Å². The topological polar surface area (TPSA) is 470 Å². The van der Waals surface area contributed by atoms with Gasteiger partial charge in [-0.3, -0.25) is 29.4 Å². The Labute approximate surface area is 640 Å². The molecule has 0 saturated carbocycles. The molecule has 0 radical (unpaired) electrons. The van der Waals surface area contributed by atoms with E-state index in [-0.39, 0.29) is 116 Å². The minimum absolute atomic E-state index is 0.0659. The summed E-state index contributed by atoms with van der Waals surface area (Å²) < 4.78 is 0. The highest BCUT2D eigenvalue weighted by Gasteiger charge is 2.41. The van der Waals surface area contributed by atoms with Crippen molar-refractivity contribution in [3.63, 3.8) is 0 Å². The summed E-state index contributed by atoms with van der Waals surface area (Å²) in [5.74, 6) is -0.132. The lowest BCUT2D eigenvalue weighted by atomic mass is 9.89. The predicted octanol–water partition coefficient (Wildman–Crippen LogP) is 2.49. The normalized spacial score (nSPS) is 18.6. The van der Waals surface area contributed by atoms with E-state index < -0.39 is 140 Å². The Morgan fingerprint density at radius 1 is 0.190 bits per heavy atom. The Morgan fingerprint density at radius 3 is 0.419 bits per heavy atom. The average Bonchev–Trinajstić information content (AvgIpc) is 0.844. The number of nitrogens with zero attached hydrogens (tertiary/aromatic N) is 6. The highest BCUT2D eigenvalue weighted by molar-refractivity contribution is 4.97. The van der Waals surface area contributed by atoms with Crippen LogP contribution in [0.25, 0.3) is 0 Å². The maximum absolute atomic E-state index is 12.5. The first-order chi connectivity index (χ1) is 46.6. The lowest BCUT2D eigenvalue weighted by Crippen LogP contribution is -2.55. The van der Waals surface area contributed by atoms with Gasteiger partial charge in [-0.25, -0.2) is 0 Å². The van der Waals surface area contributed by atoms with Crippen molar-refractivity contribution < 1.29 is 61.3 Å². The monoisotopic (exact) mass is 1510 g/mol. The second-order valence-electron chi connectivity index (χ2n) is 42.0. The largest absolute Gasteiger partial charge is 0.392 e. The third-order valence-corrected chi connectivity index (χ3v) is 19.7. The highest BCUT2D eigenvalue weighted by Crippen LogP contribution is 2.32. The van der Waals surface area contributed by atoms with E-state index in [1.807, 2.05) is 186 Å². The molecule has 0 saturated heterocycles. The predicted molar refractivity (Wildman–Crippen MR) is 432 cm³/mol. The third kappa shape index (κ3) is 51.3. The van der Waals surface area contributed by atoms with Crippen LogP contribution in [-0.4, -0.2) is 322 Å². The van der Waals surface area contributed by atoms with E-state index in [1.54, 1.807) is 0 Å². The molecule has 0 aromatic rings. The first kappa shape index (κ1) is 104. The molecule has 0 bridgehead atoms. The van der Waals surface area contributed by atoms with E-state index >= 15 is 0 Å². The zero-order valence-electron chi connectivity index (χ0n) is 71.8. The van der Waals surface area contributed by atoms with Crippen molar-refractivity contribution in [3.8, 4) is 0 Å². The Hall–Kier alpha value is -1.04. The summed E-state index contributed by atoms with van der Waals surface area (Å²) in [6.45, 7) is 52.5. The third-order valence-electron chi connectivity index (χ3n) is 19.7. The highest BCUT2D eigenvalue weighted by atomic mass is 16.3. The van der Waals surface area contributed by atoms with Crippen LogP contribution in [0.5, 0.6) is 0 Å². The number of aliphatic hydroxyl groups is 12. The van der Waals surface area contributed by atoms with Gasteiger partial charge in [0.05, 0.1) is 73.2 Å². The molecule has 28 N–H and O–H groups in total. The van der Waals surface area contributed by atoms with Crippen LogP contribution in [0.2, 0.25) is 0 Å². The summed E-state index contributed by atoms with van der Waals surface area (Å²) in [7, 11) is 0. The molecule has 26 heteroatoms. The molecule has 14 atom stereocenters. The summed E-state index contributed by atoms with van der Waals surface area (Å²) in [6.07, 6.45) is -6.88. The molecule has 0 rings (SSSR count). The molecule has 0 aliphatic rings. The number of nitrogens with two attached hydrogens (primary N) is 8. The van der Waals surface area contributed by atoms with Crippen molar-refractivity contribution in [2.75, 3.05) is 91.6 Å². The molecule has 105 heavy (non-hydrogen) atoms. The number of hydrogen-bond donors (Lipinski definition) is 20. The summed E-state index contributed by atoms with van der Waals surface area (Å²) in [6, 6.07) is 0. The fourth-order valence-corrected chi connectivity index (χ4v) is 16.1. The summed E-state index contributed by atoms with van der Waals surface area (Å²) in [4.78, 5) is 12.2. The van der Waals surface area contributed by atoms with Crippen molar-refractivity contribution in [2.24, 2.45) is 57.7 Å². The Kier molecular flexibility index (Phi) is 42.5. The molecule has 0 aromatic heterocycles. The molecule has 14 unspecified atom stereocenters. The van der Waals surface area contributed by atoms with Crippen LogP contribution in [-0.2, 0) is 0 Å². The van der Waals surface area contributed by atoms with Gasteiger partial charge in [-0.1, -0.05) is 13.8 Å². The van der Waals surface area contributed by atoms with Crippen LogP contribution in [0.4, 0.5) is 0 Å². The summed E-state index contributed by atoms with van der Waals surface area (Å²) in [5.41, 5.74) is 42.6. The van der Waals surface area contributed by atoms with Crippen LogP contribution in [0.3, 0.4) is 0 Å². The molecule has 0 heterocycles. The van der Waals surface area contributed by atoms with Gasteiger partial charge in [0, 0.05) is 158 Å². The Bertz CT molecular complexity index is 1940. The quantitative estimate of drug-likeness (QED) is 0.0416. The van der Waals surface area contributed by atoms with Crippen LogP contribution < -0.4 is 45.9 Å². The van der Waals surface area contributed by atoms with Crippen molar-refractivity contribution in [1.82, 2.24) is 29.4 Å². The summed E-state index contributed by atoms with van der Waals surface area (Å²) >= 11 is 0. The van der Waals surface area contributed by atoms with Gasteiger partial charge in [0.25, 0.3) is 0 Å². The SMILES string of the molecule is CC(CC(C)CN(CC(O)CC(C)(C)N(CC(O)CC(C)(C)N)CC(O)CC(C)(C)N)CC(O)CC(C)(C)N(CC(O)CC(C)(C)N)CC(O)CC(C)(C)N)CN(CC(O)CC(C)(C)N(CC(O)CC(C)(C)N)CC(O)CC(C)(C)N)CC(O)CC(C)(C)N(CC(O)CC(C)(C)N)CC(O)CC(C)(C)N. The van der Waals surface area contributed by atoms with Gasteiger partial charge >= 0.3 is 0 Å². The van der Waals surface area contributed by atoms with Crippen molar-refractivity contribution in [3.05, 3.63) is 0 Å². The standard InChI is InChI=1S/C79H174N14O12/c1-54(40-88(42-64(102)36-76(19,20)90(46-56(94)28-68(3,4)80)47-57(95)29-69(5,6)81)43-65(103)37-77(21,22)91(48-58(96)30-70(7,8)82)49-59(97)31-71(9,10)83)27-55(2)41-89(44-66(104)38-78(23,24)92(50-60(98)32-72(11,12)84)51-61(99)33-73(13,14)85)45-67(105)39-79(25,26)93(52-62(100)34-74(15,16)86)53-63(101)35-75(17,18)87/h54-67,94-105H,27-53,80-87H2,1-26H3. The molecule has 0 amide bonds. The maximum Gasteiger partial charge on any atom is 0.0684 e. The zero-order chi connectivity index (χ0) is 82.6. The van der Waals surface area contributed by atoms with Gasteiger partial charge in [0.2, 0.25) is 0 Å². The van der Waals surface area contributed by atoms with Crippen LogP contribution in [0, 0.1) is 11.8 Å². The zero-order valence-corrected chi connectivity index (χ0v) is 71.8. The van der Waals surface area contributed by atoms with Crippen LogP contribution in [0.1, 0.15) is 263 Å². The lowest BCUT2D eigenvalue weighted by molar-refractivity contribution is -0.0350. The summed E-state index contributed by atoms with van der Waals surface area (Å²) in [5, 5.41) is 142. The van der Waals surface area contributed by atoms with E-state index in [0.29, 0.717) is 70.9 Å². The van der Waals surface area contributed by atoms with E-state index in [2.05, 4.69) is 23.6 Å². The number of aliphatic hydroxyl groups excluding tert-OH is 12. The second-order valence-corrected chi connectivity index (χ2v) is 42.0. The molecule has 26 nitrogen and oxygen atoms in total. The van der Waals surface area contributed by atoms with Gasteiger partial charge in [0.1, 0.15) is 0 Å². The van der Waals surface area contributed by atoms with Crippen LogP contribution in [0.15, 0.2) is 0 Å². The molecule has 0 aromatic carbocycles. The van der Waals surface area contributed by atoms with Gasteiger partial charge in [-0.2, -0.15) is 0 Å². The number of β-amino-alcohol motifs (C(OH)–C–C–N with tert-alkyl or cyclic N) is 8. The van der Waals surface area contributed by atoms with Gasteiger partial charge in [0.15, 0.2) is 0 Å². The van der Waals surface area contributed by atoms with Crippen molar-refractivity contribution in [2.45, 2.75) is 403 Å². The van der Waals surface area contributed by atoms with E-state index in [4.69, 9.17) is 45.9 Å². The van der Waals surface area contributed by atoms with Crippen LogP contribution >= 0.6 is 0 Å². The van der Waals surface area contributed by atoms with Crippen molar-refractivity contribution in [1.29, 1.82) is 0 Å². The van der Waals surface area contributed by atoms with Crippen molar-refractivity contribution >= 4 is 0 Å². The molecule has 632 valence electrons. The Morgan fingerprint density at radius 2 is 0.305 bits per heavy atom.